The van der Waals surface area contributed by atoms with Crippen molar-refractivity contribution in [1.82, 2.24) is 10.5 Å². The number of anilines is 1. The molecule has 0 spiro atoms. The summed E-state index contributed by atoms with van der Waals surface area (Å²) < 4.78 is 10.7. The smallest absolute Gasteiger partial charge is 0.259 e. The molecule has 26 heavy (non-hydrogen) atoms. The molecule has 0 radical (unpaired) electrons. The minimum atomic E-state index is -0.277. The quantitative estimate of drug-likeness (QED) is 0.645. The van der Waals surface area contributed by atoms with Crippen LogP contribution in [-0.4, -0.2) is 17.1 Å². The molecular formula is C20H25N3O3. The van der Waals surface area contributed by atoms with Crippen molar-refractivity contribution in [2.24, 2.45) is 5.92 Å². The number of carbonyl (C=O) groups excluding carboxylic acids is 1. The maximum atomic E-state index is 12.8. The molecule has 0 fully saturated rings. The average Bonchev–Trinajstić information content (AvgIpc) is 3.17. The number of aromatic nitrogens is 1. The number of fused-ring (bicyclic) bond motifs is 1. The highest BCUT2D eigenvalue weighted by Gasteiger charge is 2.25. The number of furan rings is 1. The highest BCUT2D eigenvalue weighted by Crippen LogP contribution is 2.34. The van der Waals surface area contributed by atoms with Crippen LogP contribution in [0.1, 0.15) is 50.4 Å². The van der Waals surface area contributed by atoms with Crippen molar-refractivity contribution in [3.05, 3.63) is 36.1 Å². The van der Waals surface area contributed by atoms with Crippen molar-refractivity contribution in [2.75, 3.05) is 5.73 Å². The van der Waals surface area contributed by atoms with Gasteiger partial charge in [0.2, 0.25) is 5.88 Å². The molecule has 3 rings (SSSR count). The van der Waals surface area contributed by atoms with Crippen molar-refractivity contribution >= 4 is 22.8 Å². The van der Waals surface area contributed by atoms with Gasteiger partial charge < -0.3 is 20.0 Å². The SMILES string of the molecule is CC(C)CCCC(C)NC(=O)c1c(-c2coc3ccccc23)noc1N. The third-order valence-electron chi connectivity index (χ3n) is 4.48. The Kier molecular flexibility index (Phi) is 5.30. The summed E-state index contributed by atoms with van der Waals surface area (Å²) in [4.78, 5) is 12.8. The molecule has 138 valence electrons. The monoisotopic (exact) mass is 355 g/mol. The van der Waals surface area contributed by atoms with Crippen molar-refractivity contribution in [2.45, 2.75) is 46.1 Å². The largest absolute Gasteiger partial charge is 0.464 e. The number of nitrogens with zero attached hydrogens (tertiary/aromatic N) is 1. The lowest BCUT2D eigenvalue weighted by Crippen LogP contribution is -2.33. The van der Waals surface area contributed by atoms with E-state index in [9.17, 15) is 4.79 Å². The summed E-state index contributed by atoms with van der Waals surface area (Å²) in [5.41, 5.74) is 7.96. The fraction of sp³-hybridized carbons (Fsp3) is 0.400. The molecule has 0 aliphatic rings. The Morgan fingerprint density at radius 3 is 2.77 bits per heavy atom. The zero-order valence-electron chi connectivity index (χ0n) is 15.4. The molecule has 1 atom stereocenters. The van der Waals surface area contributed by atoms with E-state index in [2.05, 4.69) is 24.3 Å². The standard InChI is InChI=1S/C20H25N3O3/c1-12(2)7-6-8-13(3)22-20(24)17-18(23-26-19(17)21)15-11-25-16-10-5-4-9-14(15)16/h4-5,9-13H,6-8,21H2,1-3H3,(H,22,24). The minimum absolute atomic E-state index is 0.0113. The van der Waals surface area contributed by atoms with Gasteiger partial charge in [-0.05, 0) is 25.3 Å². The van der Waals surface area contributed by atoms with Crippen LogP contribution in [0.4, 0.5) is 5.88 Å². The second-order valence-electron chi connectivity index (χ2n) is 7.12. The summed E-state index contributed by atoms with van der Waals surface area (Å²) in [6, 6.07) is 7.61. The van der Waals surface area contributed by atoms with Gasteiger partial charge in [0.1, 0.15) is 23.1 Å². The van der Waals surface area contributed by atoms with Crippen LogP contribution in [0.5, 0.6) is 0 Å². The highest BCUT2D eigenvalue weighted by atomic mass is 16.5. The summed E-state index contributed by atoms with van der Waals surface area (Å²) in [6.45, 7) is 6.39. The number of rotatable bonds is 7. The van der Waals surface area contributed by atoms with E-state index in [0.29, 0.717) is 17.2 Å². The Bertz CT molecular complexity index is 895. The first-order chi connectivity index (χ1) is 12.5. The van der Waals surface area contributed by atoms with E-state index in [4.69, 9.17) is 14.7 Å². The van der Waals surface area contributed by atoms with Gasteiger partial charge in [0.05, 0.1) is 5.56 Å². The third kappa shape index (κ3) is 3.74. The number of benzene rings is 1. The second-order valence-corrected chi connectivity index (χ2v) is 7.12. The first kappa shape index (κ1) is 18.0. The van der Waals surface area contributed by atoms with Crippen LogP contribution in [0.3, 0.4) is 0 Å². The van der Waals surface area contributed by atoms with Crippen LogP contribution in [0.15, 0.2) is 39.5 Å². The number of hydrogen-bond acceptors (Lipinski definition) is 5. The number of nitrogen functional groups attached to an aromatic ring is 1. The van der Waals surface area contributed by atoms with E-state index in [1.807, 2.05) is 31.2 Å². The van der Waals surface area contributed by atoms with Gasteiger partial charge in [-0.15, -0.1) is 0 Å². The summed E-state index contributed by atoms with van der Waals surface area (Å²) in [7, 11) is 0. The molecule has 3 N–H and O–H groups in total. The first-order valence-corrected chi connectivity index (χ1v) is 9.00. The lowest BCUT2D eigenvalue weighted by molar-refractivity contribution is 0.0939. The average molecular weight is 355 g/mol. The topological polar surface area (TPSA) is 94.3 Å². The zero-order chi connectivity index (χ0) is 18.7. The van der Waals surface area contributed by atoms with E-state index in [-0.39, 0.29) is 23.4 Å². The lowest BCUT2D eigenvalue weighted by atomic mass is 10.0. The molecular weight excluding hydrogens is 330 g/mol. The number of hydrogen-bond donors (Lipinski definition) is 2. The van der Waals surface area contributed by atoms with Crippen LogP contribution in [0.2, 0.25) is 0 Å². The molecule has 0 aliphatic heterocycles. The number of amides is 1. The van der Waals surface area contributed by atoms with Crippen molar-refractivity contribution in [3.8, 4) is 11.3 Å². The molecule has 2 heterocycles. The van der Waals surface area contributed by atoms with E-state index >= 15 is 0 Å². The molecule has 3 aromatic rings. The summed E-state index contributed by atoms with van der Waals surface area (Å²) in [5.74, 6) is 0.394. The first-order valence-electron chi connectivity index (χ1n) is 9.00. The second kappa shape index (κ2) is 7.64. The van der Waals surface area contributed by atoms with E-state index in [0.717, 1.165) is 30.2 Å². The van der Waals surface area contributed by atoms with Gasteiger partial charge in [0.25, 0.3) is 5.91 Å². The third-order valence-corrected chi connectivity index (χ3v) is 4.48. The highest BCUT2D eigenvalue weighted by molar-refractivity contribution is 6.06. The minimum Gasteiger partial charge on any atom is -0.464 e. The normalized spacial score (nSPS) is 12.6. The maximum absolute atomic E-state index is 12.8. The number of nitrogens with two attached hydrogens (primary N) is 1. The van der Waals surface area contributed by atoms with Crippen LogP contribution < -0.4 is 11.1 Å². The van der Waals surface area contributed by atoms with Crippen LogP contribution >= 0.6 is 0 Å². The molecule has 0 saturated heterocycles. The van der Waals surface area contributed by atoms with Gasteiger partial charge in [0, 0.05) is 11.4 Å². The van der Waals surface area contributed by atoms with Crippen molar-refractivity contribution in [1.29, 1.82) is 0 Å². The molecule has 0 aliphatic carbocycles. The number of para-hydroxylation sites is 1. The Morgan fingerprint density at radius 2 is 2.00 bits per heavy atom. The Hall–Kier alpha value is -2.76. The number of nitrogens with one attached hydrogen (secondary N) is 1. The molecule has 1 unspecified atom stereocenters. The Balaban J connectivity index is 1.81. The Labute approximate surface area is 152 Å². The van der Waals surface area contributed by atoms with E-state index < -0.39 is 0 Å². The van der Waals surface area contributed by atoms with Crippen molar-refractivity contribution in [3.63, 3.8) is 0 Å². The molecule has 6 heteroatoms. The lowest BCUT2D eigenvalue weighted by Gasteiger charge is -2.14. The molecule has 1 amide bonds. The predicted octanol–water partition coefficient (Wildman–Crippen LogP) is 4.61. The summed E-state index contributed by atoms with van der Waals surface area (Å²) in [5, 5.41) is 7.86. The van der Waals surface area contributed by atoms with Crippen molar-refractivity contribution < 1.29 is 13.7 Å². The van der Waals surface area contributed by atoms with Crippen LogP contribution in [-0.2, 0) is 0 Å². The van der Waals surface area contributed by atoms with E-state index in [1.165, 1.54) is 0 Å². The van der Waals surface area contributed by atoms with Crippen LogP contribution in [0, 0.1) is 5.92 Å². The van der Waals surface area contributed by atoms with Gasteiger partial charge in [-0.3, -0.25) is 4.79 Å². The Morgan fingerprint density at radius 1 is 1.23 bits per heavy atom. The zero-order valence-corrected chi connectivity index (χ0v) is 15.4. The van der Waals surface area contributed by atoms with Crippen LogP contribution in [0.25, 0.3) is 22.2 Å². The van der Waals surface area contributed by atoms with Gasteiger partial charge >= 0.3 is 0 Å². The molecule has 1 aromatic carbocycles. The van der Waals surface area contributed by atoms with Gasteiger partial charge in [-0.2, -0.15) is 0 Å². The van der Waals surface area contributed by atoms with Gasteiger partial charge in [0.15, 0.2) is 0 Å². The molecule has 6 nitrogen and oxygen atoms in total. The van der Waals surface area contributed by atoms with Gasteiger partial charge in [-0.25, -0.2) is 0 Å². The predicted molar refractivity (Wildman–Crippen MR) is 102 cm³/mol. The van der Waals surface area contributed by atoms with E-state index in [1.54, 1.807) is 6.26 Å². The fourth-order valence-corrected chi connectivity index (χ4v) is 3.07. The molecule has 2 aromatic heterocycles. The molecule has 0 saturated carbocycles. The van der Waals surface area contributed by atoms with Gasteiger partial charge in [-0.1, -0.05) is 50.0 Å². The summed E-state index contributed by atoms with van der Waals surface area (Å²) >= 11 is 0. The number of carbonyl (C=O) groups is 1. The fourth-order valence-electron chi connectivity index (χ4n) is 3.07. The molecule has 0 bridgehead atoms. The summed E-state index contributed by atoms with van der Waals surface area (Å²) in [6.07, 6.45) is 4.70. The maximum Gasteiger partial charge on any atom is 0.259 e.